The number of nitrogens with zero attached hydrogens (tertiary/aromatic N) is 2. The van der Waals surface area contributed by atoms with Gasteiger partial charge in [0.2, 0.25) is 0 Å². The molecule has 0 saturated heterocycles. The minimum absolute atomic E-state index is 0.0719. The van der Waals surface area contributed by atoms with Crippen LogP contribution in [0.4, 0.5) is 5.69 Å². The fraction of sp³-hybridized carbons (Fsp3) is 0.0667. The van der Waals surface area contributed by atoms with E-state index in [0.717, 1.165) is 5.56 Å². The van der Waals surface area contributed by atoms with Crippen molar-refractivity contribution in [1.82, 2.24) is 5.43 Å². The zero-order valence-electron chi connectivity index (χ0n) is 11.6. The lowest BCUT2D eigenvalue weighted by Gasteiger charge is -2.03. The standard InChI is InChI=1S/C15H12ClN3O3/c1-10(11-2-6-13(16)7-3-11)17-18-15(20)12-4-8-14(9-5-12)19(21)22/h2-9H,1H3,(H,18,20). The molecular formula is C15H12ClN3O3. The molecule has 0 atom stereocenters. The lowest BCUT2D eigenvalue weighted by atomic mass is 10.1. The van der Waals surface area contributed by atoms with Crippen molar-refractivity contribution in [3.05, 3.63) is 74.8 Å². The molecule has 0 aliphatic rings. The molecule has 0 aliphatic carbocycles. The zero-order valence-corrected chi connectivity index (χ0v) is 12.4. The molecule has 2 aromatic rings. The molecule has 0 radical (unpaired) electrons. The lowest BCUT2D eigenvalue weighted by molar-refractivity contribution is -0.384. The molecule has 0 bridgehead atoms. The zero-order chi connectivity index (χ0) is 16.1. The van der Waals surface area contributed by atoms with Crippen LogP contribution in [0.25, 0.3) is 0 Å². The van der Waals surface area contributed by atoms with Gasteiger partial charge in [-0.3, -0.25) is 14.9 Å². The van der Waals surface area contributed by atoms with Crippen LogP contribution in [0.2, 0.25) is 5.02 Å². The van der Waals surface area contributed by atoms with E-state index < -0.39 is 10.8 Å². The van der Waals surface area contributed by atoms with Crippen molar-refractivity contribution in [2.75, 3.05) is 0 Å². The number of nitro groups is 1. The lowest BCUT2D eigenvalue weighted by Crippen LogP contribution is -2.19. The first-order valence-electron chi connectivity index (χ1n) is 6.32. The molecule has 7 heteroatoms. The average Bonchev–Trinajstić information content (AvgIpc) is 2.53. The van der Waals surface area contributed by atoms with E-state index in [9.17, 15) is 14.9 Å². The Kier molecular flexibility index (Phi) is 4.85. The highest BCUT2D eigenvalue weighted by Gasteiger charge is 2.09. The second kappa shape index (κ2) is 6.82. The van der Waals surface area contributed by atoms with Gasteiger partial charge in [0.1, 0.15) is 0 Å². The average molecular weight is 318 g/mol. The summed E-state index contributed by atoms with van der Waals surface area (Å²) in [5.74, 6) is -0.441. The number of hydrogen-bond donors (Lipinski definition) is 1. The second-order valence-corrected chi connectivity index (χ2v) is 4.89. The Morgan fingerprint density at radius 1 is 1.09 bits per heavy atom. The van der Waals surface area contributed by atoms with Crippen LogP contribution in [0.1, 0.15) is 22.8 Å². The molecule has 6 nitrogen and oxygen atoms in total. The fourth-order valence-electron chi connectivity index (χ4n) is 1.69. The van der Waals surface area contributed by atoms with Crippen LogP contribution in [0.5, 0.6) is 0 Å². The molecule has 0 heterocycles. The summed E-state index contributed by atoms with van der Waals surface area (Å²) in [6.07, 6.45) is 0. The van der Waals surface area contributed by atoms with Crippen molar-refractivity contribution in [2.45, 2.75) is 6.92 Å². The Morgan fingerprint density at radius 2 is 1.64 bits per heavy atom. The normalized spacial score (nSPS) is 11.1. The highest BCUT2D eigenvalue weighted by atomic mass is 35.5. The number of nitro benzene ring substituents is 1. The molecule has 1 amide bonds. The highest BCUT2D eigenvalue weighted by molar-refractivity contribution is 6.30. The summed E-state index contributed by atoms with van der Waals surface area (Å²) < 4.78 is 0. The number of benzene rings is 2. The van der Waals surface area contributed by atoms with Crippen LogP contribution in [0, 0.1) is 10.1 Å². The Bertz CT molecular complexity index is 725. The number of non-ortho nitro benzene ring substituents is 1. The highest BCUT2D eigenvalue weighted by Crippen LogP contribution is 2.12. The predicted molar refractivity (Wildman–Crippen MR) is 84.2 cm³/mol. The molecule has 112 valence electrons. The molecule has 1 N–H and O–H groups in total. The van der Waals surface area contributed by atoms with Crippen LogP contribution in [-0.2, 0) is 0 Å². The van der Waals surface area contributed by atoms with Crippen molar-refractivity contribution in [3.63, 3.8) is 0 Å². The van der Waals surface area contributed by atoms with Gasteiger partial charge in [-0.1, -0.05) is 23.7 Å². The maximum absolute atomic E-state index is 11.9. The third-order valence-corrected chi connectivity index (χ3v) is 3.18. The maximum atomic E-state index is 11.9. The van der Waals surface area contributed by atoms with E-state index in [0.29, 0.717) is 16.3 Å². The van der Waals surface area contributed by atoms with Gasteiger partial charge in [0.05, 0.1) is 10.6 Å². The summed E-state index contributed by atoms with van der Waals surface area (Å²) in [5, 5.41) is 15.2. The molecule has 0 fully saturated rings. The summed E-state index contributed by atoms with van der Waals surface area (Å²) in [5.41, 5.74) is 4.07. The van der Waals surface area contributed by atoms with Gasteiger partial charge in [-0.05, 0) is 36.8 Å². The Labute approximate surface area is 131 Å². The topological polar surface area (TPSA) is 84.6 Å². The first-order valence-corrected chi connectivity index (χ1v) is 6.70. The molecule has 0 unspecified atom stereocenters. The predicted octanol–water partition coefficient (Wildman–Crippen LogP) is 3.40. The Morgan fingerprint density at radius 3 is 2.18 bits per heavy atom. The van der Waals surface area contributed by atoms with E-state index in [4.69, 9.17) is 11.6 Å². The van der Waals surface area contributed by atoms with Crippen LogP contribution in [0.15, 0.2) is 53.6 Å². The molecule has 0 aliphatic heterocycles. The first kappa shape index (κ1) is 15.7. The van der Waals surface area contributed by atoms with Gasteiger partial charge in [-0.2, -0.15) is 5.10 Å². The molecule has 22 heavy (non-hydrogen) atoms. The van der Waals surface area contributed by atoms with E-state index in [1.165, 1.54) is 24.3 Å². The van der Waals surface area contributed by atoms with Crippen molar-refractivity contribution in [3.8, 4) is 0 Å². The van der Waals surface area contributed by atoms with Crippen LogP contribution >= 0.6 is 11.6 Å². The SMILES string of the molecule is CC(=NNC(=O)c1ccc([N+](=O)[O-])cc1)c1ccc(Cl)cc1. The monoisotopic (exact) mass is 317 g/mol. The van der Waals surface area contributed by atoms with Gasteiger partial charge in [-0.25, -0.2) is 5.43 Å². The van der Waals surface area contributed by atoms with Gasteiger partial charge in [-0.15, -0.1) is 0 Å². The molecule has 2 aromatic carbocycles. The van der Waals surface area contributed by atoms with Crippen LogP contribution < -0.4 is 5.43 Å². The number of rotatable bonds is 4. The third kappa shape index (κ3) is 3.89. The first-order chi connectivity index (χ1) is 10.5. The van der Waals surface area contributed by atoms with Crippen LogP contribution in [-0.4, -0.2) is 16.5 Å². The van der Waals surface area contributed by atoms with Crippen molar-refractivity contribution < 1.29 is 9.72 Å². The van der Waals surface area contributed by atoms with Crippen molar-refractivity contribution >= 4 is 28.9 Å². The number of carbonyl (C=O) groups excluding carboxylic acids is 1. The third-order valence-electron chi connectivity index (χ3n) is 2.93. The van der Waals surface area contributed by atoms with E-state index >= 15 is 0 Å². The number of hydrogen-bond acceptors (Lipinski definition) is 4. The Balaban J connectivity index is 2.06. The van der Waals surface area contributed by atoms with E-state index in [1.54, 1.807) is 31.2 Å². The van der Waals surface area contributed by atoms with Crippen molar-refractivity contribution in [2.24, 2.45) is 5.10 Å². The summed E-state index contributed by atoms with van der Waals surface area (Å²) >= 11 is 5.80. The largest absolute Gasteiger partial charge is 0.271 e. The Hall–Kier alpha value is -2.73. The summed E-state index contributed by atoms with van der Waals surface area (Å²) in [6, 6.07) is 12.3. The fourth-order valence-corrected chi connectivity index (χ4v) is 1.82. The summed E-state index contributed by atoms with van der Waals surface area (Å²) in [4.78, 5) is 21.9. The number of amides is 1. The molecule has 0 aromatic heterocycles. The number of hydrazone groups is 1. The summed E-state index contributed by atoms with van der Waals surface area (Å²) in [6.45, 7) is 1.75. The quantitative estimate of drug-likeness (QED) is 0.533. The minimum atomic E-state index is -0.523. The number of nitrogens with one attached hydrogen (secondary N) is 1. The maximum Gasteiger partial charge on any atom is 0.271 e. The molecule has 0 spiro atoms. The summed E-state index contributed by atoms with van der Waals surface area (Å²) in [7, 11) is 0. The van der Waals surface area contributed by atoms with E-state index in [-0.39, 0.29) is 5.69 Å². The number of halogens is 1. The molecular weight excluding hydrogens is 306 g/mol. The molecule has 0 saturated carbocycles. The smallest absolute Gasteiger partial charge is 0.267 e. The van der Waals surface area contributed by atoms with Crippen molar-refractivity contribution in [1.29, 1.82) is 0 Å². The van der Waals surface area contributed by atoms with Gasteiger partial charge < -0.3 is 0 Å². The van der Waals surface area contributed by atoms with Crippen LogP contribution in [0.3, 0.4) is 0 Å². The van der Waals surface area contributed by atoms with Gasteiger partial charge in [0, 0.05) is 22.7 Å². The van der Waals surface area contributed by atoms with Gasteiger partial charge >= 0.3 is 0 Å². The minimum Gasteiger partial charge on any atom is -0.267 e. The van der Waals surface area contributed by atoms with Gasteiger partial charge in [0.25, 0.3) is 11.6 Å². The van der Waals surface area contributed by atoms with E-state index in [2.05, 4.69) is 10.5 Å². The number of carbonyl (C=O) groups is 1. The molecule has 2 rings (SSSR count). The van der Waals surface area contributed by atoms with Gasteiger partial charge in [0.15, 0.2) is 0 Å². The second-order valence-electron chi connectivity index (χ2n) is 4.45. The van der Waals surface area contributed by atoms with E-state index in [1.807, 2.05) is 0 Å².